The van der Waals surface area contributed by atoms with E-state index in [9.17, 15) is 10.1 Å². The van der Waals surface area contributed by atoms with Crippen molar-refractivity contribution in [2.45, 2.75) is 36.6 Å². The van der Waals surface area contributed by atoms with Gasteiger partial charge in [-0.25, -0.2) is 0 Å². The molecular formula is C28H33N3O3. The summed E-state index contributed by atoms with van der Waals surface area (Å²) in [6.45, 7) is 2.71. The summed E-state index contributed by atoms with van der Waals surface area (Å²) in [6.07, 6.45) is 9.40. The maximum Gasteiger partial charge on any atom is 0.352 e. The summed E-state index contributed by atoms with van der Waals surface area (Å²) in [5.74, 6) is 0.411. The van der Waals surface area contributed by atoms with Gasteiger partial charge in [-0.1, -0.05) is 78.9 Å². The van der Waals surface area contributed by atoms with Crippen LogP contribution in [0.4, 0.5) is 0 Å². The second-order valence-electron chi connectivity index (χ2n) is 9.66. The highest BCUT2D eigenvalue weighted by molar-refractivity contribution is 5.36. The zero-order chi connectivity index (χ0) is 23.5. The van der Waals surface area contributed by atoms with Crippen molar-refractivity contribution in [3.63, 3.8) is 0 Å². The van der Waals surface area contributed by atoms with E-state index in [4.69, 9.17) is 4.74 Å². The van der Waals surface area contributed by atoms with Crippen molar-refractivity contribution in [1.82, 2.24) is 10.2 Å². The molecule has 3 saturated heterocycles. The lowest BCUT2D eigenvalue weighted by Crippen LogP contribution is -2.65. The largest absolute Gasteiger partial charge is 0.352 e. The molecule has 4 aliphatic rings. The molecule has 3 heterocycles. The first-order valence-corrected chi connectivity index (χ1v) is 12.3. The van der Waals surface area contributed by atoms with Crippen LogP contribution in [0.15, 0.2) is 85.0 Å². The molecule has 1 aliphatic carbocycles. The number of fused-ring (bicyclic) bond motifs is 3. The Morgan fingerprint density at radius 3 is 2.24 bits per heavy atom. The predicted octanol–water partition coefficient (Wildman–Crippen LogP) is 4.23. The van der Waals surface area contributed by atoms with Gasteiger partial charge in [0, 0.05) is 37.7 Å². The highest BCUT2D eigenvalue weighted by atomic mass is 16.7. The number of piperidine rings is 3. The lowest BCUT2D eigenvalue weighted by Gasteiger charge is -2.54. The maximum absolute atomic E-state index is 12.0. The van der Waals surface area contributed by atoms with E-state index in [0.717, 1.165) is 25.9 Å². The normalized spacial score (nSPS) is 32.2. The number of nitro groups is 1. The summed E-state index contributed by atoms with van der Waals surface area (Å²) in [6, 6.07) is 22.1. The average Bonchev–Trinajstić information content (AvgIpc) is 2.90. The van der Waals surface area contributed by atoms with E-state index in [-0.39, 0.29) is 28.8 Å². The van der Waals surface area contributed by atoms with E-state index in [2.05, 4.69) is 70.9 Å². The van der Waals surface area contributed by atoms with Gasteiger partial charge in [0.05, 0.1) is 10.8 Å². The van der Waals surface area contributed by atoms with Crippen molar-refractivity contribution in [1.29, 1.82) is 0 Å². The first-order chi connectivity index (χ1) is 16.6. The van der Waals surface area contributed by atoms with Gasteiger partial charge in [0.2, 0.25) is 0 Å². The second-order valence-corrected chi connectivity index (χ2v) is 9.66. The Balaban J connectivity index is 1.47. The minimum atomic E-state index is -1.52. The summed E-state index contributed by atoms with van der Waals surface area (Å²) in [7, 11) is 1.43. The van der Waals surface area contributed by atoms with E-state index in [0.29, 0.717) is 12.5 Å². The number of nitrogens with one attached hydrogen (secondary N) is 1. The molecule has 0 radical (unpaired) electrons. The highest BCUT2D eigenvalue weighted by Crippen LogP contribution is 2.42. The van der Waals surface area contributed by atoms with Crippen LogP contribution in [-0.2, 0) is 4.74 Å². The van der Waals surface area contributed by atoms with Gasteiger partial charge in [0.25, 0.3) is 0 Å². The van der Waals surface area contributed by atoms with Crippen LogP contribution < -0.4 is 5.32 Å². The first kappa shape index (κ1) is 23.0. The summed E-state index contributed by atoms with van der Waals surface area (Å²) in [4.78, 5) is 14.3. The van der Waals surface area contributed by atoms with Crippen molar-refractivity contribution in [2.75, 3.05) is 26.7 Å². The number of benzene rings is 2. The van der Waals surface area contributed by atoms with Gasteiger partial charge >= 0.3 is 5.72 Å². The van der Waals surface area contributed by atoms with Crippen LogP contribution in [0.3, 0.4) is 0 Å². The van der Waals surface area contributed by atoms with E-state index in [1.165, 1.54) is 18.2 Å². The molecule has 0 aromatic heterocycles. The molecule has 34 heavy (non-hydrogen) atoms. The average molecular weight is 460 g/mol. The molecule has 2 unspecified atom stereocenters. The minimum Gasteiger partial charge on any atom is -0.314 e. The topological polar surface area (TPSA) is 67.6 Å². The van der Waals surface area contributed by atoms with Crippen molar-refractivity contribution in [2.24, 2.45) is 11.8 Å². The lowest BCUT2D eigenvalue weighted by molar-refractivity contribution is -0.619. The van der Waals surface area contributed by atoms with Gasteiger partial charge in [-0.2, -0.15) is 0 Å². The predicted molar refractivity (Wildman–Crippen MR) is 133 cm³/mol. The second kappa shape index (κ2) is 9.82. The Morgan fingerprint density at radius 2 is 1.68 bits per heavy atom. The smallest absolute Gasteiger partial charge is 0.314 e. The molecule has 3 fully saturated rings. The van der Waals surface area contributed by atoms with Gasteiger partial charge in [-0.05, 0) is 43.0 Å². The third-order valence-corrected chi connectivity index (χ3v) is 8.04. The molecule has 2 aromatic rings. The third kappa shape index (κ3) is 4.11. The number of methoxy groups -OCH3 is 1. The van der Waals surface area contributed by atoms with Gasteiger partial charge < -0.3 is 10.1 Å². The van der Waals surface area contributed by atoms with Crippen molar-refractivity contribution < 1.29 is 9.66 Å². The maximum atomic E-state index is 12.0. The van der Waals surface area contributed by atoms with Gasteiger partial charge in [-0.3, -0.25) is 15.0 Å². The number of hydrogen-bond donors (Lipinski definition) is 1. The zero-order valence-electron chi connectivity index (χ0n) is 19.6. The van der Waals surface area contributed by atoms with Crippen LogP contribution in [0.2, 0.25) is 0 Å². The number of allylic oxidation sites excluding steroid dienone is 2. The Morgan fingerprint density at radius 1 is 1.06 bits per heavy atom. The van der Waals surface area contributed by atoms with Crippen LogP contribution in [0.1, 0.15) is 29.9 Å². The number of ether oxygens (including phenoxy) is 1. The molecule has 0 saturated carbocycles. The fourth-order valence-electron chi connectivity index (χ4n) is 6.32. The number of nitrogens with zero attached hydrogens (tertiary/aromatic N) is 2. The summed E-state index contributed by atoms with van der Waals surface area (Å²) in [5.41, 5.74) is 1.11. The Hall–Kier alpha value is -2.80. The zero-order valence-corrected chi connectivity index (χ0v) is 19.6. The van der Waals surface area contributed by atoms with Crippen molar-refractivity contribution >= 4 is 0 Å². The first-order valence-electron chi connectivity index (χ1n) is 12.3. The van der Waals surface area contributed by atoms with E-state index >= 15 is 0 Å². The molecule has 4 atom stereocenters. The third-order valence-electron chi connectivity index (χ3n) is 8.04. The molecule has 6 nitrogen and oxygen atoms in total. The van der Waals surface area contributed by atoms with Crippen molar-refractivity contribution in [3.8, 4) is 0 Å². The van der Waals surface area contributed by atoms with E-state index < -0.39 is 5.72 Å². The van der Waals surface area contributed by atoms with Crippen LogP contribution in [-0.4, -0.2) is 54.4 Å². The molecule has 6 heteroatoms. The molecule has 6 rings (SSSR count). The summed E-state index contributed by atoms with van der Waals surface area (Å²) in [5, 5.41) is 15.8. The lowest BCUT2D eigenvalue weighted by atomic mass is 9.70. The van der Waals surface area contributed by atoms with Gasteiger partial charge in [0.1, 0.15) is 0 Å². The van der Waals surface area contributed by atoms with Crippen LogP contribution in [0, 0.1) is 22.0 Å². The highest BCUT2D eigenvalue weighted by Gasteiger charge is 2.51. The molecule has 0 spiro atoms. The van der Waals surface area contributed by atoms with Gasteiger partial charge in [-0.15, -0.1) is 0 Å². The Bertz CT molecular complexity index is 994. The molecule has 1 N–H and O–H groups in total. The fourth-order valence-corrected chi connectivity index (χ4v) is 6.32. The van der Waals surface area contributed by atoms with Crippen LogP contribution >= 0.6 is 0 Å². The summed E-state index contributed by atoms with van der Waals surface area (Å²) < 4.78 is 5.48. The summed E-state index contributed by atoms with van der Waals surface area (Å²) >= 11 is 0. The SMILES string of the molecule is COC1([N+](=O)[O-])C=CC=CC1CN[C@@H]1C2CCN(CC2)[C@H]1C(c1ccccc1)c1ccccc1. The quantitative estimate of drug-likeness (QED) is 0.364. The molecule has 178 valence electrons. The van der Waals surface area contributed by atoms with Gasteiger partial charge in [0.15, 0.2) is 0 Å². The van der Waals surface area contributed by atoms with E-state index in [1.54, 1.807) is 12.2 Å². The van der Waals surface area contributed by atoms with Crippen molar-refractivity contribution in [3.05, 3.63) is 106 Å². The molecule has 2 aromatic carbocycles. The Kier molecular flexibility index (Phi) is 6.63. The number of hydrogen-bond acceptors (Lipinski definition) is 5. The van der Waals surface area contributed by atoms with E-state index in [1.807, 2.05) is 12.2 Å². The van der Waals surface area contributed by atoms with Crippen LogP contribution in [0.25, 0.3) is 0 Å². The molecule has 0 amide bonds. The fraction of sp³-hybridized carbons (Fsp3) is 0.429. The van der Waals surface area contributed by atoms with Crippen LogP contribution in [0.5, 0.6) is 0 Å². The standard InChI is InChI=1S/C28H33N3O3/c1-34-28(31(32)33)17-9-8-14-24(28)20-29-26-23-15-18-30(19-16-23)27(26)25(21-10-4-2-5-11-21)22-12-6-3-7-13-22/h2-14,17,23-27,29H,15-16,18-20H2,1H3/t24?,26-,27+,28?/m1/s1. The Labute approximate surface area is 201 Å². The molecular weight excluding hydrogens is 426 g/mol. The monoisotopic (exact) mass is 459 g/mol. The minimum absolute atomic E-state index is 0.229. The molecule has 2 bridgehead atoms. The molecule has 3 aliphatic heterocycles. The number of rotatable bonds is 8.